The van der Waals surface area contributed by atoms with E-state index in [1.807, 2.05) is 45.1 Å². The summed E-state index contributed by atoms with van der Waals surface area (Å²) in [5, 5.41) is 8.79. The fraction of sp³-hybridized carbons (Fsp3) is 0.412. The van der Waals surface area contributed by atoms with Crippen LogP contribution >= 0.6 is 0 Å². The first-order valence-electron chi connectivity index (χ1n) is 6.69. The fourth-order valence-electron chi connectivity index (χ4n) is 1.57. The Kier molecular flexibility index (Phi) is 9.08. The van der Waals surface area contributed by atoms with Crippen molar-refractivity contribution in [3.63, 3.8) is 0 Å². The third kappa shape index (κ3) is 6.57. The highest BCUT2D eigenvalue weighted by molar-refractivity contribution is 6.03. The van der Waals surface area contributed by atoms with Crippen LogP contribution in [0, 0.1) is 11.3 Å². The highest BCUT2D eigenvalue weighted by Crippen LogP contribution is 2.14. The molecule has 19 heavy (non-hydrogen) atoms. The number of allylic oxidation sites excluding steroid dienone is 7. The summed E-state index contributed by atoms with van der Waals surface area (Å²) in [6.07, 6.45) is 10.1. The minimum absolute atomic E-state index is 0.413. The van der Waals surface area contributed by atoms with Gasteiger partial charge in [-0.3, -0.25) is 4.99 Å². The Bertz CT molecular complexity index is 454. The molecule has 102 valence electrons. The molecule has 0 saturated carbocycles. The SMILES string of the molecule is C=CC(=C\C(=C/C)CC#N)/C(CCC)=N\C(C)=C/C. The van der Waals surface area contributed by atoms with E-state index in [0.717, 1.165) is 35.4 Å². The van der Waals surface area contributed by atoms with Gasteiger partial charge in [0.25, 0.3) is 0 Å². The van der Waals surface area contributed by atoms with E-state index in [0.29, 0.717) is 6.42 Å². The molecule has 0 aliphatic carbocycles. The highest BCUT2D eigenvalue weighted by atomic mass is 14.7. The molecule has 0 atom stereocenters. The summed E-state index contributed by atoms with van der Waals surface area (Å²) in [4.78, 5) is 4.63. The molecule has 0 bridgehead atoms. The minimum Gasteiger partial charge on any atom is -0.258 e. The van der Waals surface area contributed by atoms with Crippen molar-refractivity contribution < 1.29 is 0 Å². The first kappa shape index (κ1) is 17.1. The van der Waals surface area contributed by atoms with Gasteiger partial charge < -0.3 is 0 Å². The van der Waals surface area contributed by atoms with Crippen molar-refractivity contribution in [3.8, 4) is 6.07 Å². The lowest BCUT2D eigenvalue weighted by molar-refractivity contribution is 0.987. The van der Waals surface area contributed by atoms with Crippen LogP contribution in [0.25, 0.3) is 0 Å². The molecule has 0 unspecified atom stereocenters. The quantitative estimate of drug-likeness (QED) is 0.460. The van der Waals surface area contributed by atoms with Crippen LogP contribution in [0.1, 0.15) is 47.0 Å². The van der Waals surface area contributed by atoms with Crippen LogP contribution in [0.5, 0.6) is 0 Å². The molecule has 0 aliphatic rings. The van der Waals surface area contributed by atoms with Gasteiger partial charge in [-0.25, -0.2) is 0 Å². The first-order valence-corrected chi connectivity index (χ1v) is 6.69. The van der Waals surface area contributed by atoms with E-state index in [4.69, 9.17) is 5.26 Å². The van der Waals surface area contributed by atoms with Gasteiger partial charge in [0, 0.05) is 11.4 Å². The number of nitriles is 1. The van der Waals surface area contributed by atoms with Gasteiger partial charge in [-0.2, -0.15) is 5.26 Å². The van der Waals surface area contributed by atoms with Gasteiger partial charge in [0.05, 0.1) is 12.5 Å². The van der Waals surface area contributed by atoms with Crippen molar-refractivity contribution in [2.24, 2.45) is 4.99 Å². The maximum Gasteiger partial charge on any atom is 0.0669 e. The zero-order chi connectivity index (χ0) is 14.7. The average molecular weight is 256 g/mol. The third-order valence-electron chi connectivity index (χ3n) is 2.76. The second-order valence-corrected chi connectivity index (χ2v) is 4.24. The fourth-order valence-corrected chi connectivity index (χ4v) is 1.57. The van der Waals surface area contributed by atoms with Crippen molar-refractivity contribution in [2.45, 2.75) is 47.0 Å². The molecule has 0 aliphatic heterocycles. The van der Waals surface area contributed by atoms with Gasteiger partial charge in [-0.05, 0) is 44.4 Å². The molecule has 0 aromatic rings. The normalized spacial score (nSPS) is 14.3. The number of aliphatic imine (C=N–C) groups is 1. The molecule has 0 aromatic heterocycles. The monoisotopic (exact) mass is 256 g/mol. The maximum absolute atomic E-state index is 8.79. The lowest BCUT2D eigenvalue weighted by atomic mass is 10.0. The molecular formula is C17H24N2. The van der Waals surface area contributed by atoms with Crippen LogP contribution in [0.2, 0.25) is 0 Å². The topological polar surface area (TPSA) is 36.1 Å². The van der Waals surface area contributed by atoms with Crippen LogP contribution < -0.4 is 0 Å². The van der Waals surface area contributed by atoms with Gasteiger partial charge in [0.15, 0.2) is 0 Å². The third-order valence-corrected chi connectivity index (χ3v) is 2.76. The van der Waals surface area contributed by atoms with Crippen molar-refractivity contribution in [1.82, 2.24) is 0 Å². The average Bonchev–Trinajstić information content (AvgIpc) is 2.42. The molecule has 0 N–H and O–H groups in total. The van der Waals surface area contributed by atoms with Crippen molar-refractivity contribution >= 4 is 5.71 Å². The van der Waals surface area contributed by atoms with E-state index in [9.17, 15) is 0 Å². The van der Waals surface area contributed by atoms with Crippen molar-refractivity contribution in [3.05, 3.63) is 47.7 Å². The molecule has 0 saturated heterocycles. The molecule has 0 fully saturated rings. The summed E-state index contributed by atoms with van der Waals surface area (Å²) in [6, 6.07) is 2.17. The standard InChI is InChI=1S/C17H24N2/c1-6-10-17(19-14(5)7-2)16(9-4)13-15(8-3)11-12-18/h7-9,13H,4,6,10-11H2,1-3,5H3/b14-7-,15-8-,16-13+,19-17-. The molecule has 0 spiro atoms. The van der Waals surface area contributed by atoms with Gasteiger partial charge in [0.2, 0.25) is 0 Å². The smallest absolute Gasteiger partial charge is 0.0669 e. The molecular weight excluding hydrogens is 232 g/mol. The molecule has 0 amide bonds. The van der Waals surface area contributed by atoms with E-state index in [1.165, 1.54) is 0 Å². The largest absolute Gasteiger partial charge is 0.258 e. The van der Waals surface area contributed by atoms with Gasteiger partial charge >= 0.3 is 0 Å². The number of rotatable bonds is 7. The van der Waals surface area contributed by atoms with E-state index in [2.05, 4.69) is 24.6 Å². The number of hydrogen-bond donors (Lipinski definition) is 0. The highest BCUT2D eigenvalue weighted by Gasteiger charge is 2.04. The summed E-state index contributed by atoms with van der Waals surface area (Å²) in [5.74, 6) is 0. The van der Waals surface area contributed by atoms with E-state index in [1.54, 1.807) is 0 Å². The van der Waals surface area contributed by atoms with Crippen LogP contribution in [0.3, 0.4) is 0 Å². The number of hydrogen-bond acceptors (Lipinski definition) is 2. The molecule has 0 heterocycles. The summed E-state index contributed by atoms with van der Waals surface area (Å²) < 4.78 is 0. The van der Waals surface area contributed by atoms with Crippen LogP contribution in [-0.2, 0) is 0 Å². The van der Waals surface area contributed by atoms with E-state index >= 15 is 0 Å². The lowest BCUT2D eigenvalue weighted by Gasteiger charge is -2.08. The summed E-state index contributed by atoms with van der Waals surface area (Å²) in [5.41, 5.74) is 4.04. The Labute approximate surface area is 117 Å². The summed E-state index contributed by atoms with van der Waals surface area (Å²) in [6.45, 7) is 11.9. The molecule has 0 rings (SSSR count). The molecule has 2 heteroatoms. The second kappa shape index (κ2) is 10.1. The molecule has 0 radical (unpaired) electrons. The summed E-state index contributed by atoms with van der Waals surface area (Å²) >= 11 is 0. The Hall–Kier alpha value is -1.88. The van der Waals surface area contributed by atoms with Gasteiger partial charge in [0.1, 0.15) is 0 Å². The van der Waals surface area contributed by atoms with Crippen molar-refractivity contribution in [1.29, 1.82) is 5.26 Å². The second-order valence-electron chi connectivity index (χ2n) is 4.24. The molecule has 0 aromatic carbocycles. The van der Waals surface area contributed by atoms with Crippen LogP contribution in [-0.4, -0.2) is 5.71 Å². The Morgan fingerprint density at radius 1 is 1.32 bits per heavy atom. The molecule has 2 nitrogen and oxygen atoms in total. The lowest BCUT2D eigenvalue weighted by Crippen LogP contribution is -2.02. The zero-order valence-electron chi connectivity index (χ0n) is 12.5. The zero-order valence-corrected chi connectivity index (χ0v) is 12.5. The predicted molar refractivity (Wildman–Crippen MR) is 84.0 cm³/mol. The summed E-state index contributed by atoms with van der Waals surface area (Å²) in [7, 11) is 0. The Morgan fingerprint density at radius 2 is 2.00 bits per heavy atom. The Morgan fingerprint density at radius 3 is 2.42 bits per heavy atom. The van der Waals surface area contributed by atoms with Crippen LogP contribution in [0.4, 0.5) is 0 Å². The van der Waals surface area contributed by atoms with E-state index < -0.39 is 0 Å². The maximum atomic E-state index is 8.79. The first-order chi connectivity index (χ1) is 9.12. The van der Waals surface area contributed by atoms with Gasteiger partial charge in [-0.15, -0.1) is 0 Å². The van der Waals surface area contributed by atoms with Gasteiger partial charge in [-0.1, -0.05) is 38.2 Å². The van der Waals surface area contributed by atoms with E-state index in [-0.39, 0.29) is 0 Å². The predicted octanol–water partition coefficient (Wildman–Crippen LogP) is 5.12. The Balaban J connectivity index is 5.50. The van der Waals surface area contributed by atoms with Crippen LogP contribution in [0.15, 0.2) is 52.7 Å². The number of nitrogens with zero attached hydrogens (tertiary/aromatic N) is 2. The minimum atomic E-state index is 0.413. The van der Waals surface area contributed by atoms with Crippen molar-refractivity contribution in [2.75, 3.05) is 0 Å².